The Kier molecular flexibility index (Phi) is 5.04. The SMILES string of the molecule is CCCN1CC(C2CCCCC2)NCC12CCCCC2. The average molecular weight is 278 g/mol. The number of nitrogens with zero attached hydrogens (tertiary/aromatic N) is 1. The molecule has 0 aromatic rings. The predicted octanol–water partition coefficient (Wildman–Crippen LogP) is 3.95. The molecule has 3 fully saturated rings. The quantitative estimate of drug-likeness (QED) is 0.841. The van der Waals surface area contributed by atoms with Crippen LogP contribution < -0.4 is 5.32 Å². The number of rotatable bonds is 3. The Bertz CT molecular complexity index is 290. The van der Waals surface area contributed by atoms with Crippen LogP contribution in [-0.2, 0) is 0 Å². The zero-order valence-electron chi connectivity index (χ0n) is 13.5. The second-order valence-corrected chi connectivity index (χ2v) is 7.62. The van der Waals surface area contributed by atoms with Crippen LogP contribution in [0.1, 0.15) is 77.6 Å². The first-order valence-corrected chi connectivity index (χ1v) is 9.32. The van der Waals surface area contributed by atoms with Crippen molar-refractivity contribution in [3.05, 3.63) is 0 Å². The molecule has 1 aliphatic heterocycles. The normalized spacial score (nSPS) is 32.5. The lowest BCUT2D eigenvalue weighted by molar-refractivity contribution is -0.00399. The summed E-state index contributed by atoms with van der Waals surface area (Å²) in [5.41, 5.74) is 0.527. The van der Waals surface area contributed by atoms with Gasteiger partial charge in [0.15, 0.2) is 0 Å². The van der Waals surface area contributed by atoms with Crippen molar-refractivity contribution in [2.75, 3.05) is 19.6 Å². The Morgan fingerprint density at radius 2 is 1.70 bits per heavy atom. The number of hydrogen-bond acceptors (Lipinski definition) is 2. The van der Waals surface area contributed by atoms with Crippen LogP contribution >= 0.6 is 0 Å². The molecule has 0 amide bonds. The lowest BCUT2D eigenvalue weighted by atomic mass is 9.75. The lowest BCUT2D eigenvalue weighted by Crippen LogP contribution is -2.66. The highest BCUT2D eigenvalue weighted by Crippen LogP contribution is 2.37. The smallest absolute Gasteiger partial charge is 0.0334 e. The largest absolute Gasteiger partial charge is 0.311 e. The zero-order valence-corrected chi connectivity index (χ0v) is 13.5. The molecule has 1 unspecified atom stereocenters. The molecule has 2 aliphatic carbocycles. The molecule has 20 heavy (non-hydrogen) atoms. The van der Waals surface area contributed by atoms with Crippen molar-refractivity contribution in [2.45, 2.75) is 89.1 Å². The minimum Gasteiger partial charge on any atom is -0.311 e. The topological polar surface area (TPSA) is 15.3 Å². The maximum Gasteiger partial charge on any atom is 0.0334 e. The fourth-order valence-corrected chi connectivity index (χ4v) is 5.08. The molecule has 0 bridgehead atoms. The van der Waals surface area contributed by atoms with E-state index < -0.39 is 0 Å². The van der Waals surface area contributed by atoms with E-state index in [1.165, 1.54) is 90.3 Å². The second kappa shape index (κ2) is 6.79. The van der Waals surface area contributed by atoms with E-state index in [1.54, 1.807) is 0 Å². The van der Waals surface area contributed by atoms with Crippen LogP contribution in [0.5, 0.6) is 0 Å². The maximum absolute atomic E-state index is 4.00. The van der Waals surface area contributed by atoms with Crippen LogP contribution in [0.3, 0.4) is 0 Å². The van der Waals surface area contributed by atoms with Gasteiger partial charge in [-0.3, -0.25) is 4.90 Å². The third kappa shape index (κ3) is 3.06. The summed E-state index contributed by atoms with van der Waals surface area (Å²) in [6.07, 6.45) is 16.0. The minimum atomic E-state index is 0.527. The van der Waals surface area contributed by atoms with Crippen molar-refractivity contribution >= 4 is 0 Å². The highest BCUT2D eigenvalue weighted by molar-refractivity contribution is 5.01. The van der Waals surface area contributed by atoms with Crippen LogP contribution in [0.4, 0.5) is 0 Å². The Morgan fingerprint density at radius 3 is 2.40 bits per heavy atom. The molecule has 0 radical (unpaired) electrons. The van der Waals surface area contributed by atoms with Crippen molar-refractivity contribution in [2.24, 2.45) is 5.92 Å². The monoisotopic (exact) mass is 278 g/mol. The van der Waals surface area contributed by atoms with Gasteiger partial charge in [0.1, 0.15) is 0 Å². The number of nitrogens with one attached hydrogen (secondary N) is 1. The van der Waals surface area contributed by atoms with Crippen LogP contribution in [0.25, 0.3) is 0 Å². The molecule has 1 saturated heterocycles. The molecule has 2 saturated carbocycles. The molecule has 1 heterocycles. The van der Waals surface area contributed by atoms with E-state index in [4.69, 9.17) is 0 Å². The summed E-state index contributed by atoms with van der Waals surface area (Å²) < 4.78 is 0. The fraction of sp³-hybridized carbons (Fsp3) is 1.00. The van der Waals surface area contributed by atoms with Gasteiger partial charge in [-0.2, -0.15) is 0 Å². The summed E-state index contributed by atoms with van der Waals surface area (Å²) in [7, 11) is 0. The summed E-state index contributed by atoms with van der Waals surface area (Å²) in [5.74, 6) is 0.962. The van der Waals surface area contributed by atoms with E-state index in [0.29, 0.717) is 5.54 Å². The molecule has 2 heteroatoms. The Labute approximate surface area is 125 Å². The Hall–Kier alpha value is -0.0800. The first kappa shape index (κ1) is 14.8. The predicted molar refractivity (Wildman–Crippen MR) is 86.0 cm³/mol. The van der Waals surface area contributed by atoms with Gasteiger partial charge in [-0.1, -0.05) is 45.4 Å². The van der Waals surface area contributed by atoms with Gasteiger partial charge in [0.05, 0.1) is 0 Å². The van der Waals surface area contributed by atoms with E-state index >= 15 is 0 Å². The van der Waals surface area contributed by atoms with Crippen LogP contribution in [-0.4, -0.2) is 36.1 Å². The third-order valence-electron chi connectivity index (χ3n) is 6.28. The highest BCUT2D eigenvalue weighted by Gasteiger charge is 2.43. The van der Waals surface area contributed by atoms with Gasteiger partial charge >= 0.3 is 0 Å². The van der Waals surface area contributed by atoms with Crippen molar-refractivity contribution < 1.29 is 0 Å². The molecule has 1 atom stereocenters. The van der Waals surface area contributed by atoms with E-state index in [9.17, 15) is 0 Å². The molecule has 2 nitrogen and oxygen atoms in total. The van der Waals surface area contributed by atoms with Crippen molar-refractivity contribution in [1.29, 1.82) is 0 Å². The van der Waals surface area contributed by atoms with Crippen LogP contribution in [0.2, 0.25) is 0 Å². The molecule has 0 aromatic carbocycles. The van der Waals surface area contributed by atoms with Crippen molar-refractivity contribution in [3.63, 3.8) is 0 Å². The van der Waals surface area contributed by atoms with Gasteiger partial charge in [0, 0.05) is 24.7 Å². The molecule has 3 rings (SSSR count). The van der Waals surface area contributed by atoms with Gasteiger partial charge < -0.3 is 5.32 Å². The van der Waals surface area contributed by atoms with Gasteiger partial charge in [0.25, 0.3) is 0 Å². The van der Waals surface area contributed by atoms with E-state index in [2.05, 4.69) is 17.1 Å². The molecule has 1 N–H and O–H groups in total. The average Bonchev–Trinajstić information content (AvgIpc) is 2.52. The van der Waals surface area contributed by atoms with E-state index in [1.807, 2.05) is 0 Å². The zero-order chi connectivity index (χ0) is 13.8. The van der Waals surface area contributed by atoms with Gasteiger partial charge in [-0.25, -0.2) is 0 Å². The second-order valence-electron chi connectivity index (χ2n) is 7.62. The van der Waals surface area contributed by atoms with Crippen molar-refractivity contribution in [1.82, 2.24) is 10.2 Å². The first-order valence-electron chi connectivity index (χ1n) is 9.32. The van der Waals surface area contributed by atoms with Gasteiger partial charge in [-0.05, 0) is 44.6 Å². The molecule has 1 spiro atoms. The van der Waals surface area contributed by atoms with E-state index in [0.717, 1.165) is 12.0 Å². The van der Waals surface area contributed by atoms with Crippen LogP contribution in [0.15, 0.2) is 0 Å². The Morgan fingerprint density at radius 1 is 1.00 bits per heavy atom. The van der Waals surface area contributed by atoms with E-state index in [-0.39, 0.29) is 0 Å². The first-order chi connectivity index (χ1) is 9.84. The fourth-order valence-electron chi connectivity index (χ4n) is 5.08. The molecule has 0 aromatic heterocycles. The summed E-state index contributed by atoms with van der Waals surface area (Å²) >= 11 is 0. The molecular weight excluding hydrogens is 244 g/mol. The summed E-state index contributed by atoms with van der Waals surface area (Å²) in [5, 5.41) is 4.00. The van der Waals surface area contributed by atoms with Gasteiger partial charge in [-0.15, -0.1) is 0 Å². The van der Waals surface area contributed by atoms with Crippen molar-refractivity contribution in [3.8, 4) is 0 Å². The summed E-state index contributed by atoms with van der Waals surface area (Å²) in [6.45, 7) is 6.28. The molecule has 3 aliphatic rings. The standard InChI is InChI=1S/C18H34N2/c1-2-13-20-14-17(16-9-5-3-6-10-16)19-15-18(20)11-7-4-8-12-18/h16-17,19H,2-15H2,1H3. The third-order valence-corrected chi connectivity index (χ3v) is 6.28. The Balaban J connectivity index is 1.65. The number of hydrogen-bond donors (Lipinski definition) is 1. The summed E-state index contributed by atoms with van der Waals surface area (Å²) in [6, 6.07) is 0.786. The molecule has 116 valence electrons. The van der Waals surface area contributed by atoms with Crippen LogP contribution in [0, 0.1) is 5.92 Å². The lowest BCUT2D eigenvalue weighted by Gasteiger charge is -2.53. The molecular formula is C18H34N2. The highest BCUT2D eigenvalue weighted by atomic mass is 15.3. The maximum atomic E-state index is 4.00. The summed E-state index contributed by atoms with van der Waals surface area (Å²) in [4.78, 5) is 2.90. The van der Waals surface area contributed by atoms with Gasteiger partial charge in [0.2, 0.25) is 0 Å². The minimum absolute atomic E-state index is 0.527. The number of piperazine rings is 1.